The van der Waals surface area contributed by atoms with Gasteiger partial charge < -0.3 is 20.9 Å². The van der Waals surface area contributed by atoms with Crippen molar-refractivity contribution in [1.29, 1.82) is 0 Å². The van der Waals surface area contributed by atoms with Crippen molar-refractivity contribution < 1.29 is 9.59 Å². The van der Waals surface area contributed by atoms with Crippen LogP contribution in [0.15, 0.2) is 18.3 Å². The number of rotatable bonds is 5. The monoisotopic (exact) mass is 443 g/mol. The molecule has 1 aromatic heterocycles. The minimum Gasteiger partial charge on any atom is -0.353 e. The minimum atomic E-state index is 0. The van der Waals surface area contributed by atoms with Crippen molar-refractivity contribution in [3.05, 3.63) is 18.3 Å². The van der Waals surface area contributed by atoms with Gasteiger partial charge in [-0.3, -0.25) is 9.59 Å². The first kappa shape index (κ1) is 23.7. The summed E-state index contributed by atoms with van der Waals surface area (Å²) in [6.07, 6.45) is 7.49. The molecule has 2 heterocycles. The van der Waals surface area contributed by atoms with Crippen LogP contribution in [0.3, 0.4) is 0 Å². The van der Waals surface area contributed by atoms with Gasteiger partial charge in [0.25, 0.3) is 0 Å². The third-order valence-corrected chi connectivity index (χ3v) is 6.04. The lowest BCUT2D eigenvalue weighted by Crippen LogP contribution is -2.49. The van der Waals surface area contributed by atoms with E-state index in [1.165, 1.54) is 0 Å². The van der Waals surface area contributed by atoms with Gasteiger partial charge in [0.2, 0.25) is 11.8 Å². The van der Waals surface area contributed by atoms with E-state index in [1.54, 1.807) is 6.20 Å². The Morgan fingerprint density at radius 1 is 1.07 bits per heavy atom. The molecule has 162 valence electrons. The molecule has 3 N–H and O–H groups in total. The summed E-state index contributed by atoms with van der Waals surface area (Å²) < 4.78 is 0. The number of hydrogen-bond donors (Lipinski definition) is 2. The van der Waals surface area contributed by atoms with Crippen LogP contribution in [0.1, 0.15) is 38.5 Å². The van der Waals surface area contributed by atoms with E-state index < -0.39 is 0 Å². The molecule has 0 unspecified atom stereocenters. The highest BCUT2D eigenvalue weighted by molar-refractivity contribution is 5.90. The van der Waals surface area contributed by atoms with Crippen molar-refractivity contribution in [3.8, 4) is 0 Å². The molecule has 0 aromatic carbocycles. The third kappa shape index (κ3) is 5.96. The van der Waals surface area contributed by atoms with Crippen molar-refractivity contribution in [2.45, 2.75) is 44.6 Å². The Labute approximate surface area is 184 Å². The van der Waals surface area contributed by atoms with Gasteiger partial charge in [0, 0.05) is 44.6 Å². The van der Waals surface area contributed by atoms with Crippen LogP contribution in [0.4, 0.5) is 11.5 Å². The first-order valence-electron chi connectivity index (χ1n) is 10.2. The predicted molar refractivity (Wildman–Crippen MR) is 119 cm³/mol. The molecule has 1 saturated heterocycles. The summed E-state index contributed by atoms with van der Waals surface area (Å²) >= 11 is 0. The molecular formula is C20H31Cl2N5O2. The molecule has 4 rings (SSSR count). The molecule has 3 aliphatic rings. The van der Waals surface area contributed by atoms with Gasteiger partial charge in [-0.2, -0.15) is 0 Å². The van der Waals surface area contributed by atoms with Gasteiger partial charge >= 0.3 is 0 Å². The van der Waals surface area contributed by atoms with Crippen LogP contribution in [-0.4, -0.2) is 53.9 Å². The van der Waals surface area contributed by atoms with Crippen LogP contribution < -0.4 is 16.0 Å². The summed E-state index contributed by atoms with van der Waals surface area (Å²) in [6.45, 7) is 3.13. The fourth-order valence-electron chi connectivity index (χ4n) is 4.16. The number of nitrogens with two attached hydrogens (primary N) is 1. The summed E-state index contributed by atoms with van der Waals surface area (Å²) in [4.78, 5) is 33.0. The molecule has 29 heavy (non-hydrogen) atoms. The molecule has 3 fully saturated rings. The fraction of sp³-hybridized carbons (Fsp3) is 0.650. The van der Waals surface area contributed by atoms with E-state index in [9.17, 15) is 9.59 Å². The van der Waals surface area contributed by atoms with Crippen LogP contribution in [0.5, 0.6) is 0 Å². The zero-order valence-electron chi connectivity index (χ0n) is 16.6. The summed E-state index contributed by atoms with van der Waals surface area (Å²) in [7, 11) is 0. The van der Waals surface area contributed by atoms with E-state index in [4.69, 9.17) is 5.73 Å². The van der Waals surface area contributed by atoms with Crippen molar-refractivity contribution >= 4 is 48.1 Å². The number of aromatic nitrogens is 1. The molecule has 0 bridgehead atoms. The number of carbonyl (C=O) groups is 2. The SMILES string of the molecule is Cl.Cl.N[C@@H]1CCC[C@H]1CC(=O)Nc1ccc(N2CCN(C(=O)C3CC3)CC2)nc1. The second-order valence-electron chi connectivity index (χ2n) is 8.10. The number of piperazine rings is 1. The van der Waals surface area contributed by atoms with Crippen molar-refractivity contribution in [3.63, 3.8) is 0 Å². The second kappa shape index (κ2) is 10.5. The highest BCUT2D eigenvalue weighted by Crippen LogP contribution is 2.31. The molecule has 0 spiro atoms. The molecule has 1 aromatic rings. The summed E-state index contributed by atoms with van der Waals surface area (Å²) in [6, 6.07) is 3.99. The van der Waals surface area contributed by atoms with E-state index in [2.05, 4.69) is 15.2 Å². The number of halogens is 2. The number of carbonyl (C=O) groups excluding carboxylic acids is 2. The topological polar surface area (TPSA) is 91.6 Å². The third-order valence-electron chi connectivity index (χ3n) is 6.04. The summed E-state index contributed by atoms with van der Waals surface area (Å²) in [5.74, 6) is 1.81. The van der Waals surface area contributed by atoms with Crippen LogP contribution >= 0.6 is 24.8 Å². The number of nitrogens with zero attached hydrogens (tertiary/aromatic N) is 3. The van der Waals surface area contributed by atoms with Crippen molar-refractivity contribution in [2.75, 3.05) is 36.4 Å². The Kier molecular flexibility index (Phi) is 8.55. The smallest absolute Gasteiger partial charge is 0.225 e. The normalized spacial score (nSPS) is 23.8. The molecular weight excluding hydrogens is 413 g/mol. The quantitative estimate of drug-likeness (QED) is 0.728. The number of pyridine rings is 1. The van der Waals surface area contributed by atoms with Crippen molar-refractivity contribution in [1.82, 2.24) is 9.88 Å². The van der Waals surface area contributed by atoms with Crippen LogP contribution in [0.25, 0.3) is 0 Å². The Bertz CT molecular complexity index is 691. The lowest BCUT2D eigenvalue weighted by Gasteiger charge is -2.35. The van der Waals surface area contributed by atoms with Gasteiger partial charge in [-0.05, 0) is 43.7 Å². The molecule has 9 heteroatoms. The number of nitrogens with one attached hydrogen (secondary N) is 1. The maximum absolute atomic E-state index is 12.2. The fourth-order valence-corrected chi connectivity index (χ4v) is 4.16. The highest BCUT2D eigenvalue weighted by atomic mass is 35.5. The predicted octanol–water partition coefficient (Wildman–Crippen LogP) is 2.44. The van der Waals surface area contributed by atoms with Gasteiger partial charge in [-0.15, -0.1) is 24.8 Å². The molecule has 1 aliphatic heterocycles. The maximum atomic E-state index is 12.2. The van der Waals surface area contributed by atoms with Gasteiger partial charge in [-0.25, -0.2) is 4.98 Å². The summed E-state index contributed by atoms with van der Waals surface area (Å²) in [5.41, 5.74) is 6.77. The zero-order chi connectivity index (χ0) is 18.8. The Morgan fingerprint density at radius 3 is 2.34 bits per heavy atom. The molecule has 7 nitrogen and oxygen atoms in total. The largest absolute Gasteiger partial charge is 0.353 e. The van der Waals surface area contributed by atoms with Crippen LogP contribution in [0, 0.1) is 11.8 Å². The first-order chi connectivity index (χ1) is 13.1. The van der Waals surface area contributed by atoms with E-state index >= 15 is 0 Å². The number of anilines is 2. The average molecular weight is 444 g/mol. The number of hydrogen-bond acceptors (Lipinski definition) is 5. The molecule has 0 radical (unpaired) electrons. The van der Waals surface area contributed by atoms with Gasteiger partial charge in [0.1, 0.15) is 5.82 Å². The average Bonchev–Trinajstić information content (AvgIpc) is 3.46. The van der Waals surface area contributed by atoms with Gasteiger partial charge in [0.05, 0.1) is 11.9 Å². The van der Waals surface area contributed by atoms with Crippen LogP contribution in [-0.2, 0) is 9.59 Å². The minimum absolute atomic E-state index is 0. The van der Waals surface area contributed by atoms with E-state index in [1.807, 2.05) is 17.0 Å². The molecule has 2 saturated carbocycles. The van der Waals surface area contributed by atoms with E-state index in [-0.39, 0.29) is 42.7 Å². The lowest BCUT2D eigenvalue weighted by molar-refractivity contribution is -0.132. The van der Waals surface area contributed by atoms with Crippen LogP contribution in [0.2, 0.25) is 0 Å². The molecule has 2 aliphatic carbocycles. The van der Waals surface area contributed by atoms with E-state index in [0.717, 1.165) is 69.8 Å². The Balaban J connectivity index is 0.00000150. The Morgan fingerprint density at radius 2 is 1.79 bits per heavy atom. The maximum Gasteiger partial charge on any atom is 0.225 e. The van der Waals surface area contributed by atoms with Gasteiger partial charge in [0.15, 0.2) is 0 Å². The Hall–Kier alpha value is -1.57. The lowest BCUT2D eigenvalue weighted by atomic mass is 10.00. The zero-order valence-corrected chi connectivity index (χ0v) is 18.2. The number of amides is 2. The molecule has 2 atom stereocenters. The standard InChI is InChI=1S/C20H29N5O2.2ClH/c21-17-3-1-2-15(17)12-19(26)23-16-6-7-18(22-13-16)24-8-10-25(11-9-24)20(27)14-4-5-14;;/h6-7,13-15,17H,1-5,8-12,21H2,(H,23,26);2*1H/t15-,17+;;/m0../s1. The first-order valence-corrected chi connectivity index (χ1v) is 10.2. The highest BCUT2D eigenvalue weighted by Gasteiger charge is 2.34. The molecule has 2 amide bonds. The van der Waals surface area contributed by atoms with Gasteiger partial charge in [-0.1, -0.05) is 6.42 Å². The van der Waals surface area contributed by atoms with Crippen molar-refractivity contribution in [2.24, 2.45) is 17.6 Å². The summed E-state index contributed by atoms with van der Waals surface area (Å²) in [5, 5.41) is 2.93. The second-order valence-corrected chi connectivity index (χ2v) is 8.10. The van der Waals surface area contributed by atoms with E-state index in [0.29, 0.717) is 18.2 Å².